The molecule has 1 fully saturated rings. The van der Waals surface area contributed by atoms with E-state index in [-0.39, 0.29) is 5.82 Å². The normalized spacial score (nSPS) is 21.3. The van der Waals surface area contributed by atoms with E-state index in [2.05, 4.69) is 15.9 Å². The molecule has 3 rings (SSSR count). The van der Waals surface area contributed by atoms with Crippen LogP contribution in [0.15, 0.2) is 46.9 Å². The highest BCUT2D eigenvalue weighted by molar-refractivity contribution is 9.10. The molecule has 122 valence electrons. The number of hydrogen-bond acceptors (Lipinski definition) is 1. The van der Waals surface area contributed by atoms with Crippen molar-refractivity contribution in [3.63, 3.8) is 0 Å². The van der Waals surface area contributed by atoms with Gasteiger partial charge in [0.2, 0.25) is 0 Å². The lowest BCUT2D eigenvalue weighted by atomic mass is 10.1. The summed E-state index contributed by atoms with van der Waals surface area (Å²) in [6.45, 7) is 6.18. The van der Waals surface area contributed by atoms with Crippen LogP contribution in [-0.2, 0) is 13.1 Å². The molecule has 1 aliphatic heterocycles. The minimum Gasteiger partial charge on any atom is -0.507 e. The molecule has 0 amide bonds. The Morgan fingerprint density at radius 3 is 2.17 bits per heavy atom. The summed E-state index contributed by atoms with van der Waals surface area (Å²) in [5.41, 5.74) is 2.19. The van der Waals surface area contributed by atoms with Crippen LogP contribution < -0.4 is 9.80 Å². The van der Waals surface area contributed by atoms with Gasteiger partial charge in [-0.2, -0.15) is 0 Å². The number of benzene rings is 2. The van der Waals surface area contributed by atoms with Crippen LogP contribution in [0.3, 0.4) is 0 Å². The lowest BCUT2D eigenvalue weighted by Gasteiger charge is -2.30. The minimum absolute atomic E-state index is 0.174. The van der Waals surface area contributed by atoms with Gasteiger partial charge in [0.1, 0.15) is 50.8 Å². The van der Waals surface area contributed by atoms with Gasteiger partial charge in [0.25, 0.3) is 0 Å². The van der Waals surface area contributed by atoms with E-state index in [1.807, 2.05) is 24.3 Å². The van der Waals surface area contributed by atoms with Crippen molar-refractivity contribution in [1.82, 2.24) is 0 Å². The zero-order chi connectivity index (χ0) is 16.2. The largest absolute Gasteiger partial charge is 0.507 e. The van der Waals surface area contributed by atoms with Crippen molar-refractivity contribution in [2.45, 2.75) is 13.1 Å². The molecule has 23 heavy (non-hydrogen) atoms. The molecule has 0 bridgehead atoms. The molecule has 0 spiro atoms. The maximum absolute atomic E-state index is 13.0. The van der Waals surface area contributed by atoms with E-state index in [0.29, 0.717) is 5.75 Å². The quantitative estimate of drug-likeness (QED) is 0.718. The smallest absolute Gasteiger partial charge is 0.127 e. The van der Waals surface area contributed by atoms with Crippen LogP contribution in [0.2, 0.25) is 0 Å². The van der Waals surface area contributed by atoms with Crippen molar-refractivity contribution in [1.29, 1.82) is 0 Å². The molecular formula is C18H22BrFN2O+2. The third-order valence-electron chi connectivity index (χ3n) is 4.51. The molecule has 1 heterocycles. The molecule has 0 aromatic heterocycles. The molecule has 1 saturated heterocycles. The van der Waals surface area contributed by atoms with Gasteiger partial charge in [-0.3, -0.25) is 0 Å². The van der Waals surface area contributed by atoms with Gasteiger partial charge in [-0.05, 0) is 30.3 Å². The predicted octanol–water partition coefficient (Wildman–Crippen LogP) is 0.777. The Bertz CT molecular complexity index is 655. The molecule has 5 heteroatoms. The summed E-state index contributed by atoms with van der Waals surface area (Å²) in [5, 5.41) is 9.96. The fourth-order valence-corrected chi connectivity index (χ4v) is 3.58. The first-order chi connectivity index (χ1) is 11.1. The molecule has 3 nitrogen and oxygen atoms in total. The first kappa shape index (κ1) is 16.4. The van der Waals surface area contributed by atoms with Crippen LogP contribution in [0, 0.1) is 5.82 Å². The summed E-state index contributed by atoms with van der Waals surface area (Å²) in [7, 11) is 0. The first-order valence-corrected chi connectivity index (χ1v) is 8.78. The number of hydrogen-bond donors (Lipinski definition) is 3. The lowest BCUT2D eigenvalue weighted by molar-refractivity contribution is -1.02. The van der Waals surface area contributed by atoms with Crippen molar-refractivity contribution in [2.75, 3.05) is 26.2 Å². The molecule has 0 atom stereocenters. The highest BCUT2D eigenvalue weighted by atomic mass is 79.9. The van der Waals surface area contributed by atoms with Crippen molar-refractivity contribution in [3.8, 4) is 5.75 Å². The van der Waals surface area contributed by atoms with Crippen LogP contribution in [0.4, 0.5) is 4.39 Å². The highest BCUT2D eigenvalue weighted by Gasteiger charge is 2.23. The summed E-state index contributed by atoms with van der Waals surface area (Å²) in [6.07, 6.45) is 0. The van der Waals surface area contributed by atoms with Gasteiger partial charge in [0.05, 0.1) is 0 Å². The number of nitrogens with one attached hydrogen (secondary N) is 2. The zero-order valence-electron chi connectivity index (χ0n) is 13.0. The number of rotatable bonds is 4. The van der Waals surface area contributed by atoms with E-state index >= 15 is 0 Å². The Hall–Kier alpha value is -1.43. The van der Waals surface area contributed by atoms with Crippen LogP contribution in [0.1, 0.15) is 11.1 Å². The maximum Gasteiger partial charge on any atom is 0.127 e. The van der Waals surface area contributed by atoms with Gasteiger partial charge in [0, 0.05) is 15.6 Å². The summed E-state index contributed by atoms with van der Waals surface area (Å²) >= 11 is 3.46. The van der Waals surface area contributed by atoms with Gasteiger partial charge in [-0.1, -0.05) is 28.1 Å². The molecule has 0 unspecified atom stereocenters. The average molecular weight is 381 g/mol. The van der Waals surface area contributed by atoms with Crippen molar-refractivity contribution in [3.05, 3.63) is 63.9 Å². The zero-order valence-corrected chi connectivity index (χ0v) is 14.6. The third kappa shape index (κ3) is 4.53. The SMILES string of the molecule is Oc1ccc(Br)cc1C[NH+]1CC[NH+](Cc2ccc(F)cc2)CC1. The average Bonchev–Trinajstić information content (AvgIpc) is 2.55. The van der Waals surface area contributed by atoms with Crippen molar-refractivity contribution < 1.29 is 19.3 Å². The predicted molar refractivity (Wildman–Crippen MR) is 91.0 cm³/mol. The maximum atomic E-state index is 13.0. The molecule has 3 N–H and O–H groups in total. The summed E-state index contributed by atoms with van der Waals surface area (Å²) in [5.74, 6) is 0.202. The standard InChI is InChI=1S/C18H20BrFN2O/c19-16-3-6-18(23)15(11-16)13-22-9-7-21(8-10-22)12-14-1-4-17(20)5-2-14/h1-6,11,23H,7-10,12-13H2/p+2. The molecule has 0 radical (unpaired) electrons. The minimum atomic E-state index is -0.174. The second-order valence-electron chi connectivity index (χ2n) is 6.25. The number of aromatic hydroxyl groups is 1. The molecule has 1 aliphatic rings. The second-order valence-corrected chi connectivity index (χ2v) is 7.17. The van der Waals surface area contributed by atoms with Crippen molar-refractivity contribution in [2.24, 2.45) is 0 Å². The second kappa shape index (κ2) is 7.43. The van der Waals surface area contributed by atoms with E-state index in [1.54, 1.807) is 11.0 Å². The van der Waals surface area contributed by atoms with Crippen LogP contribution in [0.5, 0.6) is 5.75 Å². The number of piperazine rings is 1. The topological polar surface area (TPSA) is 29.1 Å². The van der Waals surface area contributed by atoms with E-state index in [4.69, 9.17) is 0 Å². The van der Waals surface area contributed by atoms with E-state index in [1.165, 1.54) is 22.6 Å². The van der Waals surface area contributed by atoms with Crippen LogP contribution >= 0.6 is 15.9 Å². The highest BCUT2D eigenvalue weighted by Crippen LogP contribution is 2.20. The van der Waals surface area contributed by atoms with E-state index < -0.39 is 0 Å². The van der Waals surface area contributed by atoms with Gasteiger partial charge in [0.15, 0.2) is 0 Å². The van der Waals surface area contributed by atoms with Gasteiger partial charge >= 0.3 is 0 Å². The number of phenols is 1. The van der Waals surface area contributed by atoms with Gasteiger partial charge in [-0.15, -0.1) is 0 Å². The molecule has 0 aliphatic carbocycles. The van der Waals surface area contributed by atoms with Gasteiger partial charge < -0.3 is 14.9 Å². The number of quaternary nitrogens is 2. The molecule has 2 aromatic carbocycles. The lowest BCUT2D eigenvalue weighted by Crippen LogP contribution is -3.27. The number of phenolic OH excluding ortho intramolecular Hbond substituents is 1. The van der Waals surface area contributed by atoms with Gasteiger partial charge in [-0.25, -0.2) is 4.39 Å². The summed E-state index contributed by atoms with van der Waals surface area (Å²) in [4.78, 5) is 3.04. The number of halogens is 2. The Morgan fingerprint density at radius 1 is 0.913 bits per heavy atom. The summed E-state index contributed by atoms with van der Waals surface area (Å²) < 4.78 is 14.0. The van der Waals surface area contributed by atoms with Crippen LogP contribution in [0.25, 0.3) is 0 Å². The molecule has 0 saturated carbocycles. The van der Waals surface area contributed by atoms with E-state index in [9.17, 15) is 9.50 Å². The summed E-state index contributed by atoms with van der Waals surface area (Å²) in [6, 6.07) is 12.4. The third-order valence-corrected chi connectivity index (χ3v) is 5.01. The van der Waals surface area contributed by atoms with Crippen LogP contribution in [-0.4, -0.2) is 31.3 Å². The Morgan fingerprint density at radius 2 is 1.52 bits per heavy atom. The fraction of sp³-hybridized carbons (Fsp3) is 0.333. The fourth-order valence-electron chi connectivity index (χ4n) is 3.17. The molecule has 2 aromatic rings. The molecular weight excluding hydrogens is 359 g/mol. The first-order valence-electron chi connectivity index (χ1n) is 7.99. The Kier molecular flexibility index (Phi) is 5.30. The van der Waals surface area contributed by atoms with Crippen molar-refractivity contribution >= 4 is 15.9 Å². The Labute approximate surface area is 144 Å². The monoisotopic (exact) mass is 380 g/mol. The van der Waals surface area contributed by atoms with E-state index in [0.717, 1.165) is 49.3 Å². The Balaban J connectivity index is 1.52.